The number of nitrogens with one attached hydrogen (secondary N) is 1. The molecule has 3 N–H and O–H groups in total. The summed E-state index contributed by atoms with van der Waals surface area (Å²) in [6.07, 6.45) is -0.468. The van der Waals surface area contributed by atoms with E-state index >= 15 is 0 Å². The fourth-order valence-electron chi connectivity index (χ4n) is 3.06. The van der Waals surface area contributed by atoms with Crippen LogP contribution in [0.15, 0.2) is 54.6 Å². The molecule has 0 saturated carbocycles. The van der Waals surface area contributed by atoms with Gasteiger partial charge in [-0.15, -0.1) is 0 Å². The first-order chi connectivity index (χ1) is 13.5. The number of benzene rings is 2. The molecular formula is C22H24N4O2. The number of carbonyl (C=O) groups excluding carboxylic acids is 1. The van der Waals surface area contributed by atoms with E-state index in [4.69, 9.17) is 10.5 Å². The maximum absolute atomic E-state index is 12.5. The van der Waals surface area contributed by atoms with Crippen molar-refractivity contribution in [2.75, 3.05) is 12.3 Å². The van der Waals surface area contributed by atoms with E-state index in [0.717, 1.165) is 11.1 Å². The van der Waals surface area contributed by atoms with Crippen molar-refractivity contribution in [3.63, 3.8) is 0 Å². The van der Waals surface area contributed by atoms with E-state index < -0.39 is 6.10 Å². The van der Waals surface area contributed by atoms with Crippen molar-refractivity contribution in [2.24, 2.45) is 0 Å². The van der Waals surface area contributed by atoms with E-state index in [-0.39, 0.29) is 11.9 Å². The average Bonchev–Trinajstić information content (AvgIpc) is 2.68. The van der Waals surface area contributed by atoms with E-state index in [1.54, 1.807) is 6.92 Å². The third-order valence-corrected chi connectivity index (χ3v) is 4.36. The smallest absolute Gasteiger partial charge is 0.255 e. The molecule has 0 aliphatic carbocycles. The second-order valence-corrected chi connectivity index (χ2v) is 6.44. The zero-order valence-corrected chi connectivity index (χ0v) is 16.3. The van der Waals surface area contributed by atoms with E-state index in [1.165, 1.54) is 0 Å². The lowest BCUT2D eigenvalue weighted by molar-refractivity contribution is 0.0949. The van der Waals surface area contributed by atoms with Crippen LogP contribution in [0.5, 0.6) is 5.75 Å². The highest BCUT2D eigenvalue weighted by molar-refractivity contribution is 5.96. The standard InChI is InChI=1S/C22H24N4O2/c1-4-24-21(27)19-14(2)25-22(23)26-20(19)15(3)28-18-12-10-17(11-13-18)16-8-6-5-7-9-16/h5-13,15H,4H2,1-3H3,(H,24,27)(H2,23,25,26). The highest BCUT2D eigenvalue weighted by atomic mass is 16.5. The normalized spacial score (nSPS) is 11.7. The molecule has 0 aliphatic rings. The quantitative estimate of drug-likeness (QED) is 0.680. The van der Waals surface area contributed by atoms with Crippen LogP contribution in [-0.4, -0.2) is 22.4 Å². The Morgan fingerprint density at radius 1 is 1.07 bits per heavy atom. The van der Waals surface area contributed by atoms with Gasteiger partial charge in [0.1, 0.15) is 11.9 Å². The van der Waals surface area contributed by atoms with E-state index in [1.807, 2.05) is 56.3 Å². The maximum Gasteiger partial charge on any atom is 0.255 e. The Morgan fingerprint density at radius 2 is 1.71 bits per heavy atom. The van der Waals surface area contributed by atoms with Gasteiger partial charge in [0.25, 0.3) is 5.91 Å². The second kappa shape index (κ2) is 8.52. The number of carbonyl (C=O) groups is 1. The molecule has 1 unspecified atom stereocenters. The summed E-state index contributed by atoms with van der Waals surface area (Å²) in [7, 11) is 0. The van der Waals surface area contributed by atoms with Crippen molar-refractivity contribution in [1.82, 2.24) is 15.3 Å². The molecule has 0 radical (unpaired) electrons. The lowest BCUT2D eigenvalue weighted by Gasteiger charge is -2.19. The van der Waals surface area contributed by atoms with E-state index in [0.29, 0.717) is 29.2 Å². The SMILES string of the molecule is CCNC(=O)c1c(C)nc(N)nc1C(C)Oc1ccc(-c2ccccc2)cc1. The molecule has 6 nitrogen and oxygen atoms in total. The first kappa shape index (κ1) is 19.4. The van der Waals surface area contributed by atoms with Crippen LogP contribution in [0.4, 0.5) is 5.95 Å². The van der Waals surface area contributed by atoms with Gasteiger partial charge in [-0.05, 0) is 44.0 Å². The fourth-order valence-corrected chi connectivity index (χ4v) is 3.06. The zero-order valence-electron chi connectivity index (χ0n) is 16.3. The summed E-state index contributed by atoms with van der Waals surface area (Å²) in [4.78, 5) is 20.9. The van der Waals surface area contributed by atoms with Gasteiger partial charge < -0.3 is 15.8 Å². The molecule has 0 spiro atoms. The van der Waals surface area contributed by atoms with E-state index in [2.05, 4.69) is 27.4 Å². The van der Waals surface area contributed by atoms with Crippen LogP contribution in [0.1, 0.15) is 41.7 Å². The molecule has 3 rings (SSSR count). The summed E-state index contributed by atoms with van der Waals surface area (Å²) in [5, 5.41) is 2.79. The first-order valence-electron chi connectivity index (χ1n) is 9.24. The van der Waals surface area contributed by atoms with Gasteiger partial charge in [-0.3, -0.25) is 4.79 Å². The lowest BCUT2D eigenvalue weighted by Crippen LogP contribution is -2.27. The van der Waals surface area contributed by atoms with Crippen molar-refractivity contribution in [3.05, 3.63) is 71.5 Å². The Morgan fingerprint density at radius 3 is 2.36 bits per heavy atom. The summed E-state index contributed by atoms with van der Waals surface area (Å²) in [6.45, 7) is 5.96. The predicted octanol–water partition coefficient (Wildman–Crippen LogP) is 3.92. The molecule has 1 aromatic heterocycles. The number of ether oxygens (including phenoxy) is 1. The zero-order chi connectivity index (χ0) is 20.1. The number of amides is 1. The summed E-state index contributed by atoms with van der Waals surface area (Å²) in [5.41, 5.74) is 9.46. The van der Waals surface area contributed by atoms with E-state index in [9.17, 15) is 4.79 Å². The lowest BCUT2D eigenvalue weighted by atomic mass is 10.1. The van der Waals surface area contributed by atoms with Crippen molar-refractivity contribution in [1.29, 1.82) is 0 Å². The minimum absolute atomic E-state index is 0.121. The van der Waals surface area contributed by atoms with Crippen molar-refractivity contribution in [2.45, 2.75) is 26.9 Å². The Hall–Kier alpha value is -3.41. The molecule has 0 aliphatic heterocycles. The number of nitrogens with two attached hydrogens (primary N) is 1. The number of aryl methyl sites for hydroxylation is 1. The Balaban J connectivity index is 1.85. The molecule has 1 amide bonds. The number of hydrogen-bond donors (Lipinski definition) is 2. The Labute approximate surface area is 164 Å². The second-order valence-electron chi connectivity index (χ2n) is 6.44. The topological polar surface area (TPSA) is 90.1 Å². The molecule has 3 aromatic rings. The molecular weight excluding hydrogens is 352 g/mol. The van der Waals surface area contributed by atoms with Crippen LogP contribution in [-0.2, 0) is 0 Å². The van der Waals surface area contributed by atoms with Gasteiger partial charge in [-0.2, -0.15) is 0 Å². The van der Waals surface area contributed by atoms with Gasteiger partial charge in [0, 0.05) is 6.54 Å². The van der Waals surface area contributed by atoms with Crippen molar-refractivity contribution < 1.29 is 9.53 Å². The van der Waals surface area contributed by atoms with Crippen molar-refractivity contribution >= 4 is 11.9 Å². The Kier molecular flexibility index (Phi) is 5.89. The first-order valence-corrected chi connectivity index (χ1v) is 9.24. The van der Waals surface area contributed by atoms with Gasteiger partial charge >= 0.3 is 0 Å². The monoisotopic (exact) mass is 376 g/mol. The number of anilines is 1. The molecule has 6 heteroatoms. The third-order valence-electron chi connectivity index (χ3n) is 4.36. The third kappa shape index (κ3) is 4.28. The summed E-state index contributed by atoms with van der Waals surface area (Å²) < 4.78 is 6.04. The van der Waals surface area contributed by atoms with Crippen LogP contribution < -0.4 is 15.8 Å². The molecule has 0 bridgehead atoms. The van der Waals surface area contributed by atoms with Crippen LogP contribution in [0, 0.1) is 6.92 Å². The summed E-state index contributed by atoms with van der Waals surface area (Å²) >= 11 is 0. The predicted molar refractivity (Wildman–Crippen MR) is 110 cm³/mol. The highest BCUT2D eigenvalue weighted by Gasteiger charge is 2.23. The molecule has 0 saturated heterocycles. The number of rotatable bonds is 6. The van der Waals surface area contributed by atoms with Crippen LogP contribution >= 0.6 is 0 Å². The fraction of sp³-hybridized carbons (Fsp3) is 0.227. The van der Waals surface area contributed by atoms with Crippen molar-refractivity contribution in [3.8, 4) is 16.9 Å². The summed E-state index contributed by atoms with van der Waals surface area (Å²) in [5.74, 6) is 0.573. The van der Waals surface area contributed by atoms with Gasteiger partial charge in [-0.1, -0.05) is 42.5 Å². The van der Waals surface area contributed by atoms with Gasteiger partial charge in [-0.25, -0.2) is 9.97 Å². The number of nitrogens with zero attached hydrogens (tertiary/aromatic N) is 2. The van der Waals surface area contributed by atoms with Crippen LogP contribution in [0.3, 0.4) is 0 Å². The van der Waals surface area contributed by atoms with Gasteiger partial charge in [0.15, 0.2) is 0 Å². The Bertz CT molecular complexity index is 956. The minimum atomic E-state index is -0.468. The average molecular weight is 376 g/mol. The van der Waals surface area contributed by atoms with Gasteiger partial charge in [0.2, 0.25) is 5.95 Å². The molecule has 0 fully saturated rings. The van der Waals surface area contributed by atoms with Crippen LogP contribution in [0.25, 0.3) is 11.1 Å². The maximum atomic E-state index is 12.5. The molecule has 1 heterocycles. The molecule has 1 atom stereocenters. The largest absolute Gasteiger partial charge is 0.484 e. The summed E-state index contributed by atoms with van der Waals surface area (Å²) in [6, 6.07) is 17.9. The van der Waals surface area contributed by atoms with Gasteiger partial charge in [0.05, 0.1) is 17.0 Å². The number of aromatic nitrogens is 2. The number of nitrogen functional groups attached to an aromatic ring is 1. The highest BCUT2D eigenvalue weighted by Crippen LogP contribution is 2.27. The molecule has 144 valence electrons. The number of hydrogen-bond acceptors (Lipinski definition) is 5. The van der Waals surface area contributed by atoms with Crippen LogP contribution in [0.2, 0.25) is 0 Å². The minimum Gasteiger partial charge on any atom is -0.484 e. The molecule has 2 aromatic carbocycles. The molecule has 28 heavy (non-hydrogen) atoms.